The molecule has 0 aliphatic heterocycles. The Balaban J connectivity index is 1.35. The van der Waals surface area contributed by atoms with Crippen molar-refractivity contribution >= 4 is 54.4 Å². The number of hydrazine groups is 1. The molecule has 206 valence electrons. The van der Waals surface area contributed by atoms with E-state index in [9.17, 15) is 18.0 Å². The van der Waals surface area contributed by atoms with Gasteiger partial charge in [0.2, 0.25) is 0 Å². The molecule has 9 nitrogen and oxygen atoms in total. The van der Waals surface area contributed by atoms with Crippen LogP contribution in [0.4, 0.5) is 5.69 Å². The maximum atomic E-state index is 13.3. The fourth-order valence-corrected chi connectivity index (χ4v) is 5.54. The Morgan fingerprint density at radius 1 is 0.805 bits per heavy atom. The van der Waals surface area contributed by atoms with E-state index in [1.54, 1.807) is 42.5 Å². The second kappa shape index (κ2) is 11.8. The van der Waals surface area contributed by atoms with Gasteiger partial charge in [0.25, 0.3) is 21.8 Å². The van der Waals surface area contributed by atoms with Gasteiger partial charge in [-0.05, 0) is 66.7 Å². The van der Waals surface area contributed by atoms with Crippen LogP contribution in [0.1, 0.15) is 20.7 Å². The van der Waals surface area contributed by atoms with Crippen LogP contribution in [0.5, 0.6) is 5.75 Å². The lowest BCUT2D eigenvalue weighted by Gasteiger charge is -2.13. The Hall–Kier alpha value is -4.74. The number of fused-ring (bicyclic) bond motifs is 1. The molecule has 41 heavy (non-hydrogen) atoms. The number of hydrogen-bond donors (Lipinski definition) is 3. The number of carbonyl (C=O) groups is 2. The zero-order valence-corrected chi connectivity index (χ0v) is 24.0. The van der Waals surface area contributed by atoms with Crippen LogP contribution in [0.3, 0.4) is 0 Å². The van der Waals surface area contributed by atoms with Gasteiger partial charge in [0, 0.05) is 26.7 Å². The summed E-state index contributed by atoms with van der Waals surface area (Å²) in [5.41, 5.74) is 7.52. The highest BCUT2D eigenvalue weighted by molar-refractivity contribution is 9.10. The number of ether oxygens (including phenoxy) is 1. The molecule has 0 radical (unpaired) electrons. The predicted molar refractivity (Wildman–Crippen MR) is 160 cm³/mol. The SMILES string of the molecule is COc1ccc(NS(=O)(=O)c2cccc(C(=O)NNC(=O)c3cc(-c4ccccc4)nc4ccc(Br)cc34)c2)cc1. The van der Waals surface area contributed by atoms with E-state index in [-0.39, 0.29) is 10.5 Å². The number of aromatic nitrogens is 1. The molecule has 1 aromatic heterocycles. The van der Waals surface area contributed by atoms with Gasteiger partial charge in [-0.3, -0.25) is 25.2 Å². The Morgan fingerprint density at radius 2 is 1.54 bits per heavy atom. The van der Waals surface area contributed by atoms with Gasteiger partial charge in [-0.1, -0.05) is 52.3 Å². The molecule has 0 fully saturated rings. The van der Waals surface area contributed by atoms with Gasteiger partial charge in [0.1, 0.15) is 5.75 Å². The summed E-state index contributed by atoms with van der Waals surface area (Å²) >= 11 is 3.43. The van der Waals surface area contributed by atoms with Crippen LogP contribution in [0.2, 0.25) is 0 Å². The second-order valence-electron chi connectivity index (χ2n) is 8.85. The predicted octanol–water partition coefficient (Wildman–Crippen LogP) is 5.55. The highest BCUT2D eigenvalue weighted by Crippen LogP contribution is 2.27. The first-order valence-corrected chi connectivity index (χ1v) is 14.5. The number of hydrogen-bond acceptors (Lipinski definition) is 6. The molecule has 0 saturated heterocycles. The molecule has 0 aliphatic rings. The number of benzene rings is 4. The zero-order valence-electron chi connectivity index (χ0n) is 21.6. The summed E-state index contributed by atoms with van der Waals surface area (Å²) in [4.78, 5) is 30.8. The number of rotatable bonds is 7. The smallest absolute Gasteiger partial charge is 0.270 e. The monoisotopic (exact) mass is 630 g/mol. The normalized spacial score (nSPS) is 11.1. The van der Waals surface area contributed by atoms with Crippen molar-refractivity contribution in [1.29, 1.82) is 0 Å². The van der Waals surface area contributed by atoms with Crippen LogP contribution >= 0.6 is 15.9 Å². The van der Waals surface area contributed by atoms with Crippen molar-refractivity contribution in [3.05, 3.63) is 119 Å². The average Bonchev–Trinajstić information content (AvgIpc) is 3.00. The van der Waals surface area contributed by atoms with E-state index in [0.717, 1.165) is 10.0 Å². The molecule has 5 rings (SSSR count). The molecule has 3 N–H and O–H groups in total. The minimum atomic E-state index is -3.99. The Morgan fingerprint density at radius 3 is 2.27 bits per heavy atom. The number of pyridine rings is 1. The summed E-state index contributed by atoms with van der Waals surface area (Å²) in [5, 5.41) is 0.587. The van der Waals surface area contributed by atoms with E-state index in [4.69, 9.17) is 4.74 Å². The number of methoxy groups -OCH3 is 1. The van der Waals surface area contributed by atoms with Crippen LogP contribution < -0.4 is 20.3 Å². The highest BCUT2D eigenvalue weighted by Gasteiger charge is 2.19. The van der Waals surface area contributed by atoms with Gasteiger partial charge < -0.3 is 4.74 Å². The molecule has 0 bridgehead atoms. The lowest BCUT2D eigenvalue weighted by Crippen LogP contribution is -2.41. The van der Waals surface area contributed by atoms with Crippen LogP contribution in [0.15, 0.2) is 112 Å². The Labute approximate surface area is 244 Å². The Bertz CT molecular complexity index is 1860. The average molecular weight is 632 g/mol. The third-order valence-corrected chi connectivity index (χ3v) is 8.00. The lowest BCUT2D eigenvalue weighted by molar-refractivity contribution is 0.0847. The van der Waals surface area contributed by atoms with Crippen molar-refractivity contribution in [2.75, 3.05) is 11.8 Å². The van der Waals surface area contributed by atoms with Crippen LogP contribution in [-0.2, 0) is 10.0 Å². The van der Waals surface area contributed by atoms with E-state index in [1.165, 1.54) is 31.4 Å². The van der Waals surface area contributed by atoms with E-state index in [1.807, 2.05) is 36.4 Å². The summed E-state index contributed by atoms with van der Waals surface area (Å²) < 4.78 is 34.2. The standard InChI is InChI=1S/C30H23BrN4O5S/c1-40-23-13-11-22(12-14-23)35-41(38,39)24-9-5-8-20(16-24)29(36)33-34-30(37)26-18-28(19-6-3-2-4-7-19)32-27-15-10-21(31)17-25(26)27/h2-18,35H,1H3,(H,33,36)(H,34,37). The first-order valence-electron chi connectivity index (χ1n) is 12.3. The first-order chi connectivity index (χ1) is 19.7. The summed E-state index contributed by atoms with van der Waals surface area (Å²) in [5.74, 6) is -0.675. The van der Waals surface area contributed by atoms with Gasteiger partial charge in [0.05, 0.1) is 28.8 Å². The number of anilines is 1. The molecule has 0 atom stereocenters. The minimum absolute atomic E-state index is 0.0372. The van der Waals surface area contributed by atoms with Gasteiger partial charge in [-0.2, -0.15) is 0 Å². The summed E-state index contributed by atoms with van der Waals surface area (Å²) in [6.07, 6.45) is 0. The van der Waals surface area contributed by atoms with E-state index in [0.29, 0.717) is 33.6 Å². The van der Waals surface area contributed by atoms with Crippen LogP contribution in [0.25, 0.3) is 22.2 Å². The molecule has 0 aliphatic carbocycles. The quantitative estimate of drug-likeness (QED) is 0.202. The number of carbonyl (C=O) groups excluding carboxylic acids is 2. The van der Waals surface area contributed by atoms with E-state index in [2.05, 4.69) is 36.5 Å². The molecule has 0 unspecified atom stereocenters. The molecular weight excluding hydrogens is 608 g/mol. The molecule has 5 aromatic rings. The summed E-state index contributed by atoms with van der Waals surface area (Å²) in [6.45, 7) is 0. The van der Waals surface area contributed by atoms with E-state index < -0.39 is 21.8 Å². The van der Waals surface area contributed by atoms with Crippen molar-refractivity contribution in [3.8, 4) is 17.0 Å². The van der Waals surface area contributed by atoms with Gasteiger partial charge in [0.15, 0.2) is 0 Å². The number of nitrogens with zero attached hydrogens (tertiary/aromatic N) is 1. The number of halogens is 1. The van der Waals surface area contributed by atoms with Crippen molar-refractivity contribution < 1.29 is 22.7 Å². The fraction of sp³-hybridized carbons (Fsp3) is 0.0333. The Kier molecular flexibility index (Phi) is 7.99. The van der Waals surface area contributed by atoms with Crippen molar-refractivity contribution in [2.45, 2.75) is 4.90 Å². The molecule has 0 spiro atoms. The maximum Gasteiger partial charge on any atom is 0.270 e. The fourth-order valence-electron chi connectivity index (χ4n) is 4.07. The van der Waals surface area contributed by atoms with E-state index >= 15 is 0 Å². The van der Waals surface area contributed by atoms with Crippen molar-refractivity contribution in [1.82, 2.24) is 15.8 Å². The summed E-state index contributed by atoms with van der Waals surface area (Å²) in [6, 6.07) is 28.3. The zero-order chi connectivity index (χ0) is 29.0. The molecule has 2 amide bonds. The van der Waals surface area contributed by atoms with Gasteiger partial charge in [-0.15, -0.1) is 0 Å². The molecule has 4 aromatic carbocycles. The number of sulfonamides is 1. The topological polar surface area (TPSA) is 126 Å². The molecule has 0 saturated carbocycles. The number of nitrogens with one attached hydrogen (secondary N) is 3. The molecule has 11 heteroatoms. The van der Waals surface area contributed by atoms with Crippen molar-refractivity contribution in [2.24, 2.45) is 0 Å². The van der Waals surface area contributed by atoms with Crippen LogP contribution in [0, 0.1) is 0 Å². The third kappa shape index (κ3) is 6.37. The largest absolute Gasteiger partial charge is 0.497 e. The first kappa shape index (κ1) is 27.8. The second-order valence-corrected chi connectivity index (χ2v) is 11.5. The minimum Gasteiger partial charge on any atom is -0.497 e. The van der Waals surface area contributed by atoms with Gasteiger partial charge in [-0.25, -0.2) is 13.4 Å². The maximum absolute atomic E-state index is 13.3. The lowest BCUT2D eigenvalue weighted by atomic mass is 10.0. The third-order valence-electron chi connectivity index (χ3n) is 6.12. The summed E-state index contributed by atoms with van der Waals surface area (Å²) in [7, 11) is -2.48. The van der Waals surface area contributed by atoms with Gasteiger partial charge >= 0.3 is 0 Å². The number of amides is 2. The van der Waals surface area contributed by atoms with Crippen molar-refractivity contribution in [3.63, 3.8) is 0 Å². The molecular formula is C30H23BrN4O5S. The van der Waals surface area contributed by atoms with Crippen LogP contribution in [-0.4, -0.2) is 32.3 Å². The molecule has 1 heterocycles. The highest BCUT2D eigenvalue weighted by atomic mass is 79.9.